The number of rotatable bonds is 9. The lowest BCUT2D eigenvalue weighted by Crippen LogP contribution is -2.46. The summed E-state index contributed by atoms with van der Waals surface area (Å²) in [5, 5.41) is 5.79. The Morgan fingerprint density at radius 2 is 1.81 bits per heavy atom. The van der Waals surface area contributed by atoms with Crippen LogP contribution in [0.15, 0.2) is 53.1 Å². The Labute approximate surface area is 188 Å². The summed E-state index contributed by atoms with van der Waals surface area (Å²) in [6.45, 7) is 4.84. The Bertz CT molecular complexity index is 1130. The van der Waals surface area contributed by atoms with Crippen molar-refractivity contribution in [1.82, 2.24) is 5.32 Å². The highest BCUT2D eigenvalue weighted by molar-refractivity contribution is 7.18. The molecule has 1 amide bonds. The lowest BCUT2D eigenvalue weighted by molar-refractivity contribution is 0.0526. The van der Waals surface area contributed by atoms with Crippen molar-refractivity contribution in [2.24, 2.45) is 0 Å². The van der Waals surface area contributed by atoms with Gasteiger partial charge in [0.1, 0.15) is 5.00 Å². The summed E-state index contributed by atoms with van der Waals surface area (Å²) < 4.78 is 10.3. The predicted molar refractivity (Wildman–Crippen MR) is 119 cm³/mol. The fourth-order valence-electron chi connectivity index (χ4n) is 3.08. The van der Waals surface area contributed by atoms with Gasteiger partial charge in [-0.1, -0.05) is 30.3 Å². The van der Waals surface area contributed by atoms with E-state index in [1.807, 2.05) is 0 Å². The summed E-state index contributed by atoms with van der Waals surface area (Å²) in [6, 6.07) is 11.4. The second-order valence-electron chi connectivity index (χ2n) is 6.80. The van der Waals surface area contributed by atoms with Gasteiger partial charge in [-0.05, 0) is 38.5 Å². The van der Waals surface area contributed by atoms with Crippen molar-refractivity contribution in [2.45, 2.75) is 26.9 Å². The molecular weight excluding hydrogens is 432 g/mol. The highest BCUT2D eigenvalue weighted by atomic mass is 32.1. The first-order valence-corrected chi connectivity index (χ1v) is 10.7. The number of ketones is 2. The number of carbonyl (C=O) groups excluding carboxylic acids is 4. The van der Waals surface area contributed by atoms with Crippen molar-refractivity contribution in [1.29, 1.82) is 0 Å². The van der Waals surface area contributed by atoms with Gasteiger partial charge in [0.05, 0.1) is 23.3 Å². The third-order valence-electron chi connectivity index (χ3n) is 4.56. The van der Waals surface area contributed by atoms with Gasteiger partial charge in [0.2, 0.25) is 5.78 Å². The van der Waals surface area contributed by atoms with Crippen LogP contribution in [-0.2, 0) is 4.74 Å². The van der Waals surface area contributed by atoms with Crippen LogP contribution >= 0.6 is 11.3 Å². The molecule has 2 heterocycles. The molecule has 32 heavy (non-hydrogen) atoms. The van der Waals surface area contributed by atoms with Crippen molar-refractivity contribution in [2.75, 3.05) is 11.9 Å². The van der Waals surface area contributed by atoms with E-state index in [4.69, 9.17) is 9.15 Å². The van der Waals surface area contributed by atoms with E-state index in [1.54, 1.807) is 50.2 Å². The number of hydrogen-bond donors (Lipinski definition) is 2. The first-order valence-electron chi connectivity index (χ1n) is 9.85. The number of esters is 1. The summed E-state index contributed by atoms with van der Waals surface area (Å²) in [5.41, 5.74) is 0.953. The number of ether oxygens (including phenoxy) is 1. The number of furan rings is 1. The van der Waals surface area contributed by atoms with Gasteiger partial charge in [0.15, 0.2) is 17.7 Å². The average Bonchev–Trinajstić information content (AvgIpc) is 3.42. The number of amides is 1. The molecule has 0 spiro atoms. The first kappa shape index (κ1) is 23.0. The molecular formula is C23H22N2O6S. The van der Waals surface area contributed by atoms with Crippen molar-refractivity contribution in [3.63, 3.8) is 0 Å². The molecule has 0 saturated carbocycles. The van der Waals surface area contributed by atoms with Gasteiger partial charge in [-0.25, -0.2) is 4.79 Å². The predicted octanol–water partition coefficient (Wildman–Crippen LogP) is 4.08. The van der Waals surface area contributed by atoms with Gasteiger partial charge in [0.25, 0.3) is 5.91 Å². The number of hydrogen-bond acceptors (Lipinski definition) is 8. The molecule has 0 aliphatic rings. The monoisotopic (exact) mass is 454 g/mol. The topological polar surface area (TPSA) is 115 Å². The molecule has 0 aliphatic heterocycles. The minimum atomic E-state index is -1.24. The zero-order valence-corrected chi connectivity index (χ0v) is 18.6. The minimum Gasteiger partial charge on any atom is -0.462 e. The standard InChI is InChI=1S/C23H22N2O6S/c1-4-30-23(29)17-13(2)19(14(3)26)32-22(17)25-20(18(27)15-9-6-5-7-10-15)24-21(28)16-11-8-12-31-16/h5-12,20,25H,4H2,1-3H3,(H,24,28)/t20-/m0/s1. The molecule has 2 aromatic heterocycles. The number of anilines is 1. The van der Waals surface area contributed by atoms with Crippen LogP contribution in [0.5, 0.6) is 0 Å². The van der Waals surface area contributed by atoms with Crippen molar-refractivity contribution >= 4 is 39.8 Å². The summed E-state index contributed by atoms with van der Waals surface area (Å²) >= 11 is 1.03. The molecule has 3 rings (SSSR count). The number of thiophene rings is 1. The fraction of sp³-hybridized carbons (Fsp3) is 0.217. The van der Waals surface area contributed by atoms with E-state index in [2.05, 4.69) is 10.6 Å². The van der Waals surface area contributed by atoms with E-state index in [-0.39, 0.29) is 28.7 Å². The molecule has 0 aliphatic carbocycles. The second-order valence-corrected chi connectivity index (χ2v) is 7.82. The Balaban J connectivity index is 2.01. The van der Waals surface area contributed by atoms with Crippen LogP contribution in [0, 0.1) is 6.92 Å². The van der Waals surface area contributed by atoms with Gasteiger partial charge < -0.3 is 19.8 Å². The largest absolute Gasteiger partial charge is 0.462 e. The molecule has 1 aromatic carbocycles. The first-order chi connectivity index (χ1) is 15.3. The number of carbonyl (C=O) groups is 4. The van der Waals surface area contributed by atoms with Gasteiger partial charge in [-0.15, -0.1) is 11.3 Å². The van der Waals surface area contributed by atoms with Crippen LogP contribution in [0.25, 0.3) is 0 Å². The maximum absolute atomic E-state index is 13.2. The van der Waals surface area contributed by atoms with Gasteiger partial charge in [0, 0.05) is 5.56 Å². The van der Waals surface area contributed by atoms with Crippen LogP contribution in [0.4, 0.5) is 5.00 Å². The maximum atomic E-state index is 13.2. The smallest absolute Gasteiger partial charge is 0.341 e. The summed E-state index contributed by atoms with van der Waals surface area (Å²) in [6.07, 6.45) is 0.109. The van der Waals surface area contributed by atoms with E-state index in [1.165, 1.54) is 19.3 Å². The molecule has 9 heteroatoms. The Morgan fingerprint density at radius 3 is 2.41 bits per heavy atom. The van der Waals surface area contributed by atoms with E-state index < -0.39 is 23.8 Å². The highest BCUT2D eigenvalue weighted by Crippen LogP contribution is 2.34. The summed E-state index contributed by atoms with van der Waals surface area (Å²) in [7, 11) is 0. The molecule has 3 aromatic rings. The van der Waals surface area contributed by atoms with Crippen molar-refractivity contribution in [3.8, 4) is 0 Å². The summed E-state index contributed by atoms with van der Waals surface area (Å²) in [4.78, 5) is 50.8. The second kappa shape index (κ2) is 10.1. The van der Waals surface area contributed by atoms with Crippen molar-refractivity contribution < 1.29 is 28.3 Å². The third kappa shape index (κ3) is 4.94. The van der Waals surface area contributed by atoms with Gasteiger partial charge >= 0.3 is 5.97 Å². The lowest BCUT2D eigenvalue weighted by atomic mass is 10.1. The SMILES string of the molecule is CCOC(=O)c1c(N[C@H](NC(=O)c2ccco2)C(=O)c2ccccc2)sc(C(C)=O)c1C. The third-order valence-corrected chi connectivity index (χ3v) is 5.89. The number of Topliss-reactive ketones (excluding diaryl/α,β-unsaturated/α-hetero) is 2. The lowest BCUT2D eigenvalue weighted by Gasteiger charge is -2.20. The van der Waals surface area contributed by atoms with Crippen LogP contribution in [-0.4, -0.2) is 36.2 Å². The van der Waals surface area contributed by atoms with Crippen LogP contribution < -0.4 is 10.6 Å². The molecule has 0 unspecified atom stereocenters. The maximum Gasteiger partial charge on any atom is 0.341 e. The van der Waals surface area contributed by atoms with Crippen molar-refractivity contribution in [3.05, 3.63) is 76.1 Å². The average molecular weight is 455 g/mol. The fourth-order valence-corrected chi connectivity index (χ4v) is 4.20. The van der Waals surface area contributed by atoms with E-state index >= 15 is 0 Å². The van der Waals surface area contributed by atoms with Crippen LogP contribution in [0.3, 0.4) is 0 Å². The molecule has 0 bridgehead atoms. The molecule has 0 fully saturated rings. The normalized spacial score (nSPS) is 11.5. The minimum absolute atomic E-state index is 0.0232. The van der Waals surface area contributed by atoms with E-state index in [9.17, 15) is 19.2 Å². The zero-order chi connectivity index (χ0) is 23.3. The number of nitrogens with one attached hydrogen (secondary N) is 2. The molecule has 166 valence electrons. The van der Waals surface area contributed by atoms with Crippen LogP contribution in [0.2, 0.25) is 0 Å². The van der Waals surface area contributed by atoms with E-state index in [0.717, 1.165) is 11.3 Å². The van der Waals surface area contributed by atoms with Crippen LogP contribution in [0.1, 0.15) is 60.4 Å². The quantitative estimate of drug-likeness (QED) is 0.284. The highest BCUT2D eigenvalue weighted by Gasteiger charge is 2.29. The zero-order valence-electron chi connectivity index (χ0n) is 17.8. The number of benzene rings is 1. The molecule has 1 atom stereocenters. The Hall–Kier alpha value is -3.72. The van der Waals surface area contributed by atoms with Gasteiger partial charge in [-0.3, -0.25) is 14.4 Å². The molecule has 8 nitrogen and oxygen atoms in total. The van der Waals surface area contributed by atoms with E-state index in [0.29, 0.717) is 16.0 Å². The van der Waals surface area contributed by atoms with Gasteiger partial charge in [-0.2, -0.15) is 0 Å². The Kier molecular flexibility index (Phi) is 7.21. The molecule has 0 radical (unpaired) electrons. The summed E-state index contributed by atoms with van der Waals surface area (Å²) in [5.74, 6) is -1.88. The Morgan fingerprint density at radius 1 is 1.09 bits per heavy atom. The molecule has 2 N–H and O–H groups in total. The molecule has 0 saturated heterocycles.